The van der Waals surface area contributed by atoms with E-state index in [0.29, 0.717) is 12.0 Å². The molecule has 5 nitrogen and oxygen atoms in total. The predicted octanol–water partition coefficient (Wildman–Crippen LogP) is 2.11. The summed E-state index contributed by atoms with van der Waals surface area (Å²) in [5.74, 6) is -0.931. The number of carbonyl (C=O) groups excluding carboxylic acids is 1. The third-order valence-electron chi connectivity index (χ3n) is 3.64. The van der Waals surface area contributed by atoms with Gasteiger partial charge >= 0.3 is 5.97 Å². The largest absolute Gasteiger partial charge is 0.481 e. The Kier molecular flexibility index (Phi) is 3.81. The number of benzene rings is 1. The van der Waals surface area contributed by atoms with Crippen molar-refractivity contribution in [1.82, 2.24) is 0 Å². The molecule has 0 radical (unpaired) electrons. The van der Waals surface area contributed by atoms with Gasteiger partial charge in [0.15, 0.2) is 0 Å². The Morgan fingerprint density at radius 3 is 2.80 bits per heavy atom. The zero-order valence-corrected chi connectivity index (χ0v) is 11.6. The molecule has 1 amide bonds. The number of carboxylic acid groups (broad SMARTS) is 1. The summed E-state index contributed by atoms with van der Waals surface area (Å²) >= 11 is 0. The van der Waals surface area contributed by atoms with E-state index in [1.165, 1.54) is 0 Å². The second-order valence-corrected chi connectivity index (χ2v) is 5.88. The Balaban J connectivity index is 2.20. The fourth-order valence-electron chi connectivity index (χ4n) is 2.36. The highest BCUT2D eigenvalue weighted by atomic mass is 16.4. The van der Waals surface area contributed by atoms with Gasteiger partial charge in [0.1, 0.15) is 0 Å². The summed E-state index contributed by atoms with van der Waals surface area (Å²) < 4.78 is 0. The molecule has 2 rings (SSSR count). The Bertz CT molecular complexity index is 551. The molecule has 1 unspecified atom stereocenters. The maximum atomic E-state index is 11.8. The minimum absolute atomic E-state index is 0.0100. The average molecular weight is 277 g/mol. The van der Waals surface area contributed by atoms with Crippen LogP contribution in [0.4, 0.5) is 5.69 Å². The summed E-state index contributed by atoms with van der Waals surface area (Å²) in [6.07, 6.45) is -0.0741. The number of hydrogen-bond acceptors (Lipinski definition) is 3. The van der Waals surface area contributed by atoms with Gasteiger partial charge in [0.05, 0.1) is 6.10 Å². The standard InChI is InChI=1S/C15H19NO4/c1-15(2)8-10-7-9(12(17)5-6-13(18)19)3-4-11(10)16-14(15)20/h3-4,7,12,17H,5-6,8H2,1-2H3,(H,16,20)(H,18,19). The van der Waals surface area contributed by atoms with Crippen molar-refractivity contribution in [2.24, 2.45) is 5.41 Å². The molecule has 0 fully saturated rings. The number of aliphatic carboxylic acids is 1. The van der Waals surface area contributed by atoms with Gasteiger partial charge in [0, 0.05) is 17.5 Å². The Morgan fingerprint density at radius 1 is 1.45 bits per heavy atom. The molecule has 0 saturated heterocycles. The van der Waals surface area contributed by atoms with Crippen molar-refractivity contribution in [2.45, 2.75) is 39.2 Å². The van der Waals surface area contributed by atoms with E-state index in [1.54, 1.807) is 12.1 Å². The molecule has 1 aliphatic heterocycles. The number of fused-ring (bicyclic) bond motifs is 1. The summed E-state index contributed by atoms with van der Waals surface area (Å²) in [6.45, 7) is 3.75. The Morgan fingerprint density at radius 2 is 2.15 bits per heavy atom. The average Bonchev–Trinajstić information content (AvgIpc) is 2.36. The van der Waals surface area contributed by atoms with Crippen molar-refractivity contribution >= 4 is 17.6 Å². The quantitative estimate of drug-likeness (QED) is 0.786. The van der Waals surface area contributed by atoms with Gasteiger partial charge in [0.2, 0.25) is 5.91 Å². The summed E-state index contributed by atoms with van der Waals surface area (Å²) in [5.41, 5.74) is 1.96. The van der Waals surface area contributed by atoms with Crippen LogP contribution in [0.5, 0.6) is 0 Å². The second kappa shape index (κ2) is 5.25. The number of hydrogen-bond donors (Lipinski definition) is 3. The van der Waals surface area contributed by atoms with Gasteiger partial charge in [-0.15, -0.1) is 0 Å². The maximum Gasteiger partial charge on any atom is 0.303 e. The fourth-order valence-corrected chi connectivity index (χ4v) is 2.36. The zero-order chi connectivity index (χ0) is 14.9. The molecule has 1 aromatic carbocycles. The highest BCUT2D eigenvalue weighted by molar-refractivity contribution is 5.98. The highest BCUT2D eigenvalue weighted by Gasteiger charge is 2.33. The number of anilines is 1. The number of carbonyl (C=O) groups is 2. The van der Waals surface area contributed by atoms with Gasteiger partial charge in [-0.2, -0.15) is 0 Å². The highest BCUT2D eigenvalue weighted by Crippen LogP contribution is 2.35. The summed E-state index contributed by atoms with van der Waals surface area (Å²) in [4.78, 5) is 22.4. The Hall–Kier alpha value is -1.88. The number of aliphatic hydroxyl groups is 1. The van der Waals surface area contributed by atoms with Gasteiger partial charge in [-0.3, -0.25) is 9.59 Å². The predicted molar refractivity (Wildman–Crippen MR) is 74.4 cm³/mol. The Labute approximate surface area is 117 Å². The van der Waals surface area contributed by atoms with Crippen LogP contribution in [0.3, 0.4) is 0 Å². The molecule has 0 bridgehead atoms. The summed E-state index contributed by atoms with van der Waals surface area (Å²) in [7, 11) is 0. The maximum absolute atomic E-state index is 11.8. The van der Waals surface area contributed by atoms with Crippen LogP contribution >= 0.6 is 0 Å². The first-order valence-corrected chi connectivity index (χ1v) is 6.64. The first-order chi connectivity index (χ1) is 9.29. The molecule has 108 valence electrons. The summed E-state index contributed by atoms with van der Waals surface area (Å²) in [6, 6.07) is 5.34. The van der Waals surface area contributed by atoms with E-state index in [0.717, 1.165) is 11.3 Å². The number of rotatable bonds is 4. The molecule has 1 aliphatic rings. The number of aliphatic hydroxyl groups excluding tert-OH is 1. The molecule has 1 aromatic rings. The van der Waals surface area contributed by atoms with Gasteiger partial charge in [-0.1, -0.05) is 26.0 Å². The molecule has 5 heteroatoms. The van der Waals surface area contributed by atoms with Crippen LogP contribution in [0, 0.1) is 5.41 Å². The van der Waals surface area contributed by atoms with Crippen LogP contribution in [0.1, 0.15) is 43.9 Å². The lowest BCUT2D eigenvalue weighted by molar-refractivity contribution is -0.137. The van der Waals surface area contributed by atoms with E-state index in [9.17, 15) is 14.7 Å². The van der Waals surface area contributed by atoms with Crippen molar-refractivity contribution in [3.05, 3.63) is 29.3 Å². The van der Waals surface area contributed by atoms with Crippen LogP contribution in [0.2, 0.25) is 0 Å². The first-order valence-electron chi connectivity index (χ1n) is 6.64. The topological polar surface area (TPSA) is 86.6 Å². The third-order valence-corrected chi connectivity index (χ3v) is 3.64. The van der Waals surface area contributed by atoms with E-state index in [4.69, 9.17) is 5.11 Å². The fraction of sp³-hybridized carbons (Fsp3) is 0.467. The van der Waals surface area contributed by atoms with Crippen LogP contribution in [-0.4, -0.2) is 22.1 Å². The monoisotopic (exact) mass is 277 g/mol. The van der Waals surface area contributed by atoms with Crippen LogP contribution in [0.15, 0.2) is 18.2 Å². The number of amides is 1. The normalized spacial score (nSPS) is 18.1. The van der Waals surface area contributed by atoms with E-state index in [1.807, 2.05) is 19.9 Å². The summed E-state index contributed by atoms with van der Waals surface area (Å²) in [5, 5.41) is 21.5. The van der Waals surface area contributed by atoms with Crippen molar-refractivity contribution in [3.8, 4) is 0 Å². The van der Waals surface area contributed by atoms with E-state index in [-0.39, 0.29) is 18.7 Å². The molecular weight excluding hydrogens is 258 g/mol. The van der Waals surface area contributed by atoms with E-state index in [2.05, 4.69) is 5.32 Å². The SMILES string of the molecule is CC1(C)Cc2cc(C(O)CCC(=O)O)ccc2NC1=O. The minimum Gasteiger partial charge on any atom is -0.481 e. The first kappa shape index (κ1) is 14.5. The molecule has 0 spiro atoms. The van der Waals surface area contributed by atoms with Gasteiger partial charge < -0.3 is 15.5 Å². The number of nitrogens with one attached hydrogen (secondary N) is 1. The second-order valence-electron chi connectivity index (χ2n) is 5.88. The van der Waals surface area contributed by atoms with E-state index >= 15 is 0 Å². The molecule has 3 N–H and O–H groups in total. The molecule has 0 aliphatic carbocycles. The van der Waals surface area contributed by atoms with Gasteiger partial charge in [-0.05, 0) is 30.0 Å². The molecule has 1 heterocycles. The van der Waals surface area contributed by atoms with Crippen LogP contribution in [-0.2, 0) is 16.0 Å². The van der Waals surface area contributed by atoms with Crippen LogP contribution in [0.25, 0.3) is 0 Å². The van der Waals surface area contributed by atoms with Crippen molar-refractivity contribution < 1.29 is 19.8 Å². The molecular formula is C15H19NO4. The smallest absolute Gasteiger partial charge is 0.303 e. The molecule has 20 heavy (non-hydrogen) atoms. The lowest BCUT2D eigenvalue weighted by Crippen LogP contribution is -2.37. The van der Waals surface area contributed by atoms with Crippen molar-refractivity contribution in [3.63, 3.8) is 0 Å². The number of carboxylic acids is 1. The lowest BCUT2D eigenvalue weighted by Gasteiger charge is -2.31. The minimum atomic E-state index is -0.921. The van der Waals surface area contributed by atoms with Gasteiger partial charge in [-0.25, -0.2) is 0 Å². The lowest BCUT2D eigenvalue weighted by atomic mass is 9.80. The van der Waals surface area contributed by atoms with Gasteiger partial charge in [0.25, 0.3) is 0 Å². The molecule has 1 atom stereocenters. The molecule has 0 aromatic heterocycles. The molecule has 0 saturated carbocycles. The van der Waals surface area contributed by atoms with Crippen molar-refractivity contribution in [2.75, 3.05) is 5.32 Å². The van der Waals surface area contributed by atoms with E-state index < -0.39 is 17.5 Å². The third kappa shape index (κ3) is 2.99. The van der Waals surface area contributed by atoms with Crippen LogP contribution < -0.4 is 5.32 Å². The zero-order valence-electron chi connectivity index (χ0n) is 11.6. The van der Waals surface area contributed by atoms with Crippen molar-refractivity contribution in [1.29, 1.82) is 0 Å².